The molecule has 0 unspecified atom stereocenters. The summed E-state index contributed by atoms with van der Waals surface area (Å²) in [5.74, 6) is 1.65. The van der Waals surface area contributed by atoms with Gasteiger partial charge >= 0.3 is 0 Å². The molecule has 0 saturated carbocycles. The number of aromatic nitrogens is 1. The number of hydrogen-bond acceptors (Lipinski definition) is 5. The number of hydrogen-bond donors (Lipinski definition) is 1. The predicted octanol–water partition coefficient (Wildman–Crippen LogP) is 2.31. The van der Waals surface area contributed by atoms with Crippen molar-refractivity contribution in [2.75, 3.05) is 26.3 Å². The average Bonchev–Trinajstić information content (AvgIpc) is 3.15. The van der Waals surface area contributed by atoms with Gasteiger partial charge in [0.15, 0.2) is 11.5 Å². The fourth-order valence-corrected chi connectivity index (χ4v) is 3.60. The number of carbonyl (C=O) groups excluding carboxylic acids is 1. The number of likely N-dealkylation sites (tertiary alicyclic amines) is 1. The first kappa shape index (κ1) is 16.8. The van der Waals surface area contributed by atoms with E-state index in [0.29, 0.717) is 26.3 Å². The molecule has 1 aromatic carbocycles. The van der Waals surface area contributed by atoms with Gasteiger partial charge in [-0.05, 0) is 48.7 Å². The van der Waals surface area contributed by atoms with E-state index in [0.717, 1.165) is 36.4 Å². The first-order valence-corrected chi connectivity index (χ1v) is 9.09. The number of fused-ring (bicyclic) bond motifs is 1. The van der Waals surface area contributed by atoms with Gasteiger partial charge in [-0.1, -0.05) is 12.1 Å². The maximum Gasteiger partial charge on any atom is 0.234 e. The van der Waals surface area contributed by atoms with Crippen LogP contribution in [0.4, 0.5) is 0 Å². The molecule has 6 heteroatoms. The van der Waals surface area contributed by atoms with E-state index in [2.05, 4.69) is 27.3 Å². The van der Waals surface area contributed by atoms with E-state index >= 15 is 0 Å². The SMILES string of the molecule is O=C(CN1CCC[C@@H]1c1ccc2c(c1)OCCO2)NCc1cccnc1. The lowest BCUT2D eigenvalue weighted by Gasteiger charge is -2.26. The Labute approximate surface area is 153 Å². The van der Waals surface area contributed by atoms with Crippen LogP contribution in [-0.2, 0) is 11.3 Å². The number of rotatable bonds is 5. The van der Waals surface area contributed by atoms with Crippen LogP contribution in [0.1, 0.15) is 30.0 Å². The Morgan fingerprint density at radius 1 is 1.23 bits per heavy atom. The molecule has 2 aliphatic rings. The normalized spacial score (nSPS) is 19.3. The summed E-state index contributed by atoms with van der Waals surface area (Å²) < 4.78 is 11.3. The molecule has 136 valence electrons. The van der Waals surface area contributed by atoms with Crippen LogP contribution >= 0.6 is 0 Å². The molecule has 0 spiro atoms. The van der Waals surface area contributed by atoms with Gasteiger partial charge in [0.05, 0.1) is 6.54 Å². The van der Waals surface area contributed by atoms with E-state index in [1.807, 2.05) is 18.2 Å². The summed E-state index contributed by atoms with van der Waals surface area (Å²) in [6.07, 6.45) is 5.64. The van der Waals surface area contributed by atoms with Gasteiger partial charge in [0.2, 0.25) is 5.91 Å². The second-order valence-electron chi connectivity index (χ2n) is 6.67. The Morgan fingerprint density at radius 3 is 2.96 bits per heavy atom. The maximum atomic E-state index is 12.4. The summed E-state index contributed by atoms with van der Waals surface area (Å²) in [6, 6.07) is 10.2. The zero-order chi connectivity index (χ0) is 17.8. The van der Waals surface area contributed by atoms with Gasteiger partial charge in [-0.25, -0.2) is 0 Å². The van der Waals surface area contributed by atoms with Crippen molar-refractivity contribution in [3.8, 4) is 11.5 Å². The lowest BCUT2D eigenvalue weighted by Crippen LogP contribution is -2.36. The molecule has 0 bridgehead atoms. The Hall–Kier alpha value is -2.60. The number of carbonyl (C=O) groups is 1. The number of ether oxygens (including phenoxy) is 2. The Balaban J connectivity index is 1.38. The molecule has 1 saturated heterocycles. The minimum absolute atomic E-state index is 0.0401. The van der Waals surface area contributed by atoms with E-state index in [1.54, 1.807) is 12.4 Å². The third kappa shape index (κ3) is 3.80. The molecule has 1 N–H and O–H groups in total. The monoisotopic (exact) mass is 353 g/mol. The van der Waals surface area contributed by atoms with Gasteiger partial charge in [0.1, 0.15) is 13.2 Å². The van der Waals surface area contributed by atoms with Crippen molar-refractivity contribution in [2.45, 2.75) is 25.4 Å². The number of benzene rings is 1. The number of pyridine rings is 1. The zero-order valence-electron chi connectivity index (χ0n) is 14.7. The molecule has 2 aliphatic heterocycles. The van der Waals surface area contributed by atoms with E-state index in [-0.39, 0.29) is 11.9 Å². The second-order valence-corrected chi connectivity index (χ2v) is 6.67. The highest BCUT2D eigenvalue weighted by Gasteiger charge is 2.28. The van der Waals surface area contributed by atoms with E-state index in [4.69, 9.17) is 9.47 Å². The summed E-state index contributed by atoms with van der Waals surface area (Å²) in [5, 5.41) is 2.98. The third-order valence-corrected chi connectivity index (χ3v) is 4.87. The standard InChI is InChI=1S/C20H23N3O3/c24-20(22-13-15-3-1-7-21-12-15)14-23-8-2-4-17(23)16-5-6-18-19(11-16)26-10-9-25-18/h1,3,5-7,11-12,17H,2,4,8-10,13-14H2,(H,22,24)/t17-/m1/s1. The smallest absolute Gasteiger partial charge is 0.234 e. The molecule has 0 radical (unpaired) electrons. The van der Waals surface area contributed by atoms with Gasteiger partial charge < -0.3 is 14.8 Å². The van der Waals surface area contributed by atoms with Gasteiger partial charge in [0, 0.05) is 25.0 Å². The fourth-order valence-electron chi connectivity index (χ4n) is 3.60. The van der Waals surface area contributed by atoms with Crippen molar-refractivity contribution >= 4 is 5.91 Å². The van der Waals surface area contributed by atoms with Gasteiger partial charge in [-0.3, -0.25) is 14.7 Å². The molecule has 2 aromatic rings. The molecule has 26 heavy (non-hydrogen) atoms. The lowest BCUT2D eigenvalue weighted by atomic mass is 10.0. The van der Waals surface area contributed by atoms with Crippen molar-refractivity contribution in [3.63, 3.8) is 0 Å². The molecule has 0 aliphatic carbocycles. The second kappa shape index (κ2) is 7.74. The van der Waals surface area contributed by atoms with Crippen LogP contribution in [0.15, 0.2) is 42.7 Å². The van der Waals surface area contributed by atoms with Crippen LogP contribution in [0.2, 0.25) is 0 Å². The molecular formula is C20H23N3O3. The molecule has 4 rings (SSSR count). The maximum absolute atomic E-state index is 12.4. The van der Waals surface area contributed by atoms with Crippen LogP contribution in [0.3, 0.4) is 0 Å². The number of amides is 1. The quantitative estimate of drug-likeness (QED) is 0.894. The first-order chi connectivity index (χ1) is 12.8. The minimum atomic E-state index is 0.0401. The first-order valence-electron chi connectivity index (χ1n) is 9.09. The molecule has 1 amide bonds. The summed E-state index contributed by atoms with van der Waals surface area (Å²) in [7, 11) is 0. The Morgan fingerprint density at radius 2 is 2.12 bits per heavy atom. The molecule has 3 heterocycles. The number of nitrogens with zero attached hydrogens (tertiary/aromatic N) is 2. The van der Waals surface area contributed by atoms with Crippen LogP contribution in [0.5, 0.6) is 11.5 Å². The molecule has 1 aromatic heterocycles. The van der Waals surface area contributed by atoms with Crippen LogP contribution < -0.4 is 14.8 Å². The van der Waals surface area contributed by atoms with Crippen molar-refractivity contribution < 1.29 is 14.3 Å². The minimum Gasteiger partial charge on any atom is -0.486 e. The largest absolute Gasteiger partial charge is 0.486 e. The highest BCUT2D eigenvalue weighted by atomic mass is 16.6. The molecule has 1 fully saturated rings. The Kier molecular flexibility index (Phi) is 5.02. The topological polar surface area (TPSA) is 63.7 Å². The zero-order valence-corrected chi connectivity index (χ0v) is 14.7. The van der Waals surface area contributed by atoms with Crippen LogP contribution in [0, 0.1) is 0 Å². The van der Waals surface area contributed by atoms with Crippen molar-refractivity contribution in [3.05, 3.63) is 53.9 Å². The van der Waals surface area contributed by atoms with Crippen molar-refractivity contribution in [1.82, 2.24) is 15.2 Å². The van der Waals surface area contributed by atoms with Crippen molar-refractivity contribution in [2.24, 2.45) is 0 Å². The number of nitrogens with one attached hydrogen (secondary N) is 1. The Bertz CT molecular complexity index is 766. The van der Waals surface area contributed by atoms with Crippen LogP contribution in [-0.4, -0.2) is 42.1 Å². The average molecular weight is 353 g/mol. The molecule has 6 nitrogen and oxygen atoms in total. The predicted molar refractivity (Wildman–Crippen MR) is 97.1 cm³/mol. The van der Waals surface area contributed by atoms with Crippen LogP contribution in [0.25, 0.3) is 0 Å². The van der Waals surface area contributed by atoms with E-state index in [9.17, 15) is 4.79 Å². The van der Waals surface area contributed by atoms with E-state index < -0.39 is 0 Å². The lowest BCUT2D eigenvalue weighted by molar-refractivity contribution is -0.122. The fraction of sp³-hybridized carbons (Fsp3) is 0.400. The van der Waals surface area contributed by atoms with Gasteiger partial charge in [-0.15, -0.1) is 0 Å². The summed E-state index contributed by atoms with van der Waals surface area (Å²) in [6.45, 7) is 3.02. The highest BCUT2D eigenvalue weighted by molar-refractivity contribution is 5.78. The highest BCUT2D eigenvalue weighted by Crippen LogP contribution is 2.37. The van der Waals surface area contributed by atoms with E-state index in [1.165, 1.54) is 5.56 Å². The van der Waals surface area contributed by atoms with Gasteiger partial charge in [0.25, 0.3) is 0 Å². The third-order valence-electron chi connectivity index (χ3n) is 4.87. The summed E-state index contributed by atoms with van der Waals surface area (Å²) in [5.41, 5.74) is 2.19. The summed E-state index contributed by atoms with van der Waals surface area (Å²) in [4.78, 5) is 18.7. The molecule has 1 atom stereocenters. The van der Waals surface area contributed by atoms with Crippen molar-refractivity contribution in [1.29, 1.82) is 0 Å². The summed E-state index contributed by atoms with van der Waals surface area (Å²) >= 11 is 0. The van der Waals surface area contributed by atoms with Gasteiger partial charge in [-0.2, -0.15) is 0 Å². The molecular weight excluding hydrogens is 330 g/mol.